The minimum atomic E-state index is -0.508. The summed E-state index contributed by atoms with van der Waals surface area (Å²) in [6, 6.07) is 15.9. The molecule has 4 rings (SSSR count). The second-order valence-corrected chi connectivity index (χ2v) is 9.13. The van der Waals surface area contributed by atoms with Crippen LogP contribution in [0.15, 0.2) is 65.7 Å². The lowest BCUT2D eigenvalue weighted by Gasteiger charge is -2.08. The molecule has 0 saturated carbocycles. The molecule has 10 heteroatoms. The molecular formula is C27H25N3O6S. The zero-order valence-electron chi connectivity index (χ0n) is 20.4. The highest BCUT2D eigenvalue weighted by Gasteiger charge is 2.21. The van der Waals surface area contributed by atoms with Gasteiger partial charge in [0.15, 0.2) is 0 Å². The van der Waals surface area contributed by atoms with E-state index in [9.17, 15) is 19.2 Å². The largest absolute Gasteiger partial charge is 0.462 e. The van der Waals surface area contributed by atoms with Crippen molar-refractivity contribution in [2.75, 3.05) is 18.5 Å². The summed E-state index contributed by atoms with van der Waals surface area (Å²) in [4.78, 5) is 55.1. The van der Waals surface area contributed by atoms with Crippen molar-refractivity contribution < 1.29 is 23.9 Å². The molecule has 0 unspecified atom stereocenters. The number of hydrogen-bond donors (Lipinski definition) is 1. The molecule has 4 aromatic rings. The Hall–Kier alpha value is -4.31. The van der Waals surface area contributed by atoms with Crippen molar-refractivity contribution in [3.63, 3.8) is 0 Å². The number of nitrogens with one attached hydrogen (secondary N) is 1. The summed E-state index contributed by atoms with van der Waals surface area (Å²) in [5.74, 6) is -1.40. The van der Waals surface area contributed by atoms with Gasteiger partial charge in [-0.3, -0.25) is 14.2 Å². The topological polar surface area (TPSA) is 117 Å². The highest BCUT2D eigenvalue weighted by atomic mass is 32.1. The van der Waals surface area contributed by atoms with E-state index in [1.807, 2.05) is 30.3 Å². The van der Waals surface area contributed by atoms with Crippen molar-refractivity contribution in [1.29, 1.82) is 0 Å². The van der Waals surface area contributed by atoms with Crippen LogP contribution in [0.2, 0.25) is 0 Å². The summed E-state index contributed by atoms with van der Waals surface area (Å²) in [6.07, 6.45) is 1.87. The maximum absolute atomic E-state index is 13.1. The molecule has 0 spiro atoms. The first kappa shape index (κ1) is 25.8. The van der Waals surface area contributed by atoms with Crippen molar-refractivity contribution in [1.82, 2.24) is 9.55 Å². The van der Waals surface area contributed by atoms with Crippen LogP contribution in [-0.4, -0.2) is 40.6 Å². The third kappa shape index (κ3) is 6.10. The van der Waals surface area contributed by atoms with Crippen molar-refractivity contribution >= 4 is 45.1 Å². The van der Waals surface area contributed by atoms with Gasteiger partial charge in [0.25, 0.3) is 5.56 Å². The zero-order chi connectivity index (χ0) is 26.4. The molecule has 2 heterocycles. The van der Waals surface area contributed by atoms with Crippen LogP contribution >= 0.6 is 11.3 Å². The van der Waals surface area contributed by atoms with Gasteiger partial charge in [0.2, 0.25) is 5.91 Å². The predicted molar refractivity (Wildman–Crippen MR) is 140 cm³/mol. The van der Waals surface area contributed by atoms with Gasteiger partial charge in [-0.15, -0.1) is 11.3 Å². The Kier molecular flexibility index (Phi) is 8.09. The van der Waals surface area contributed by atoms with E-state index >= 15 is 0 Å². The van der Waals surface area contributed by atoms with Crippen LogP contribution < -0.4 is 10.9 Å². The van der Waals surface area contributed by atoms with E-state index in [0.29, 0.717) is 32.9 Å². The second kappa shape index (κ2) is 11.6. The Balaban J connectivity index is 1.43. The monoisotopic (exact) mass is 519 g/mol. The van der Waals surface area contributed by atoms with Crippen LogP contribution in [-0.2, 0) is 27.2 Å². The average Bonchev–Trinajstić information content (AvgIpc) is 3.24. The predicted octanol–water partition coefficient (Wildman–Crippen LogP) is 3.98. The number of amides is 1. The minimum Gasteiger partial charge on any atom is -0.462 e. The summed E-state index contributed by atoms with van der Waals surface area (Å²) in [5, 5.41) is 2.97. The van der Waals surface area contributed by atoms with E-state index in [1.165, 1.54) is 10.9 Å². The van der Waals surface area contributed by atoms with Crippen LogP contribution in [0.3, 0.4) is 0 Å². The Morgan fingerprint density at radius 2 is 1.73 bits per heavy atom. The molecule has 1 amide bonds. The lowest BCUT2D eigenvalue weighted by Crippen LogP contribution is -2.28. The fourth-order valence-corrected chi connectivity index (χ4v) is 4.73. The Morgan fingerprint density at radius 3 is 2.43 bits per heavy atom. The number of rotatable bonds is 9. The van der Waals surface area contributed by atoms with Crippen LogP contribution in [0.25, 0.3) is 10.2 Å². The van der Waals surface area contributed by atoms with Gasteiger partial charge in [-0.1, -0.05) is 30.3 Å². The first-order chi connectivity index (χ1) is 17.9. The fourth-order valence-electron chi connectivity index (χ4n) is 3.70. The molecule has 0 atom stereocenters. The quantitative estimate of drug-likeness (QED) is 0.333. The van der Waals surface area contributed by atoms with E-state index in [2.05, 4.69) is 10.3 Å². The zero-order valence-corrected chi connectivity index (χ0v) is 21.2. The normalized spacial score (nSPS) is 10.8. The smallest absolute Gasteiger partial charge is 0.348 e. The van der Waals surface area contributed by atoms with Gasteiger partial charge in [0, 0.05) is 12.1 Å². The Morgan fingerprint density at radius 1 is 1.00 bits per heavy atom. The van der Waals surface area contributed by atoms with E-state index in [0.717, 1.165) is 16.9 Å². The third-order valence-electron chi connectivity index (χ3n) is 5.56. The van der Waals surface area contributed by atoms with Gasteiger partial charge in [0.1, 0.15) is 16.3 Å². The molecule has 0 aliphatic rings. The molecule has 2 aromatic heterocycles. The molecule has 0 aliphatic heterocycles. The first-order valence-corrected chi connectivity index (χ1v) is 12.5. The van der Waals surface area contributed by atoms with Gasteiger partial charge in [0.05, 0.1) is 30.5 Å². The van der Waals surface area contributed by atoms with Gasteiger partial charge < -0.3 is 14.8 Å². The maximum Gasteiger partial charge on any atom is 0.348 e. The third-order valence-corrected chi connectivity index (χ3v) is 6.74. The molecule has 37 heavy (non-hydrogen) atoms. The Labute approximate surface area is 216 Å². The minimum absolute atomic E-state index is 0.217. The van der Waals surface area contributed by atoms with Crippen molar-refractivity contribution in [3.05, 3.63) is 92.8 Å². The van der Waals surface area contributed by atoms with Crippen LogP contribution in [0, 0.1) is 6.92 Å². The number of esters is 2. The highest BCUT2D eigenvalue weighted by molar-refractivity contribution is 7.20. The number of benzene rings is 2. The van der Waals surface area contributed by atoms with E-state index in [4.69, 9.17) is 9.47 Å². The lowest BCUT2D eigenvalue weighted by molar-refractivity contribution is -0.116. The average molecular weight is 520 g/mol. The van der Waals surface area contributed by atoms with Crippen LogP contribution in [0.1, 0.15) is 38.1 Å². The molecule has 2 aromatic carbocycles. The molecule has 0 fully saturated rings. The number of aryl methyl sites for hydroxylation is 1. The SMILES string of the molecule is CCOC(=O)c1ccc(NC(=O)Cn2cnc3sc(C(=O)OCCc4ccccc4)c(C)c3c2=O)cc1. The van der Waals surface area contributed by atoms with Crippen LogP contribution in [0.5, 0.6) is 0 Å². The number of ether oxygens (including phenoxy) is 2. The van der Waals surface area contributed by atoms with Crippen LogP contribution in [0.4, 0.5) is 5.69 Å². The summed E-state index contributed by atoms with van der Waals surface area (Å²) >= 11 is 1.09. The number of thiophene rings is 1. The molecule has 0 bridgehead atoms. The number of carbonyl (C=O) groups excluding carboxylic acids is 3. The molecule has 1 N–H and O–H groups in total. The fraction of sp³-hybridized carbons (Fsp3) is 0.222. The molecular weight excluding hydrogens is 494 g/mol. The number of hydrogen-bond acceptors (Lipinski definition) is 8. The van der Waals surface area contributed by atoms with Crippen molar-refractivity contribution in [2.45, 2.75) is 26.8 Å². The first-order valence-electron chi connectivity index (χ1n) is 11.6. The molecule has 190 valence electrons. The number of carbonyl (C=O) groups is 3. The summed E-state index contributed by atoms with van der Waals surface area (Å²) < 4.78 is 11.6. The van der Waals surface area contributed by atoms with Crippen molar-refractivity contribution in [2.24, 2.45) is 0 Å². The van der Waals surface area contributed by atoms with E-state index in [1.54, 1.807) is 38.1 Å². The van der Waals surface area contributed by atoms with Gasteiger partial charge in [-0.25, -0.2) is 14.6 Å². The number of nitrogens with zero attached hydrogens (tertiary/aromatic N) is 2. The number of anilines is 1. The highest BCUT2D eigenvalue weighted by Crippen LogP contribution is 2.27. The maximum atomic E-state index is 13.1. The van der Waals surface area contributed by atoms with E-state index < -0.39 is 23.4 Å². The molecule has 0 radical (unpaired) electrons. The lowest BCUT2D eigenvalue weighted by atomic mass is 10.2. The molecule has 0 aliphatic carbocycles. The number of fused-ring (bicyclic) bond motifs is 1. The van der Waals surface area contributed by atoms with Gasteiger partial charge >= 0.3 is 11.9 Å². The standard InChI is InChI=1S/C27H25N3O6S/c1-3-35-26(33)19-9-11-20(12-10-19)29-21(31)15-30-16-28-24-22(25(30)32)17(2)23(37-24)27(34)36-14-13-18-7-5-4-6-8-18/h4-12,16H,3,13-15H2,1-2H3,(H,29,31). The summed E-state index contributed by atoms with van der Waals surface area (Å²) in [7, 11) is 0. The molecule has 0 saturated heterocycles. The summed E-state index contributed by atoms with van der Waals surface area (Å²) in [6.45, 7) is 3.61. The molecule has 9 nitrogen and oxygen atoms in total. The van der Waals surface area contributed by atoms with E-state index in [-0.39, 0.29) is 25.1 Å². The second-order valence-electron chi connectivity index (χ2n) is 8.13. The summed E-state index contributed by atoms with van der Waals surface area (Å²) in [5.41, 5.74) is 1.95. The van der Waals surface area contributed by atoms with Gasteiger partial charge in [-0.2, -0.15) is 0 Å². The van der Waals surface area contributed by atoms with Gasteiger partial charge in [-0.05, 0) is 49.2 Å². The van der Waals surface area contributed by atoms with Crippen molar-refractivity contribution in [3.8, 4) is 0 Å². The Bertz CT molecular complexity index is 1490. The number of aromatic nitrogens is 2.